The lowest BCUT2D eigenvalue weighted by Gasteiger charge is -2.18. The molecule has 0 radical (unpaired) electrons. The van der Waals surface area contributed by atoms with Gasteiger partial charge in [-0.1, -0.05) is 42.0 Å². The van der Waals surface area contributed by atoms with Crippen LogP contribution < -0.4 is 0 Å². The van der Waals surface area contributed by atoms with Gasteiger partial charge in [0, 0.05) is 0 Å². The summed E-state index contributed by atoms with van der Waals surface area (Å²) < 4.78 is 0. The Balaban J connectivity index is 2.00. The van der Waals surface area contributed by atoms with Crippen molar-refractivity contribution in [2.24, 2.45) is 0 Å². The fourth-order valence-electron chi connectivity index (χ4n) is 1.58. The van der Waals surface area contributed by atoms with Gasteiger partial charge in [-0.3, -0.25) is 0 Å². The Labute approximate surface area is 78.7 Å². The topological polar surface area (TPSA) is 20.2 Å². The minimum Gasteiger partial charge on any atom is -0.388 e. The minimum absolute atomic E-state index is 0.312. The maximum Gasteiger partial charge on any atom is 0.0827 e. The van der Waals surface area contributed by atoms with Gasteiger partial charge in [0.25, 0.3) is 0 Å². The van der Waals surface area contributed by atoms with Crippen LogP contribution in [0.15, 0.2) is 42.0 Å². The van der Waals surface area contributed by atoms with Crippen LogP contribution in [0.2, 0.25) is 0 Å². The first-order valence-corrected chi connectivity index (χ1v) is 4.77. The number of hydrogen-bond acceptors (Lipinski definition) is 1. The van der Waals surface area contributed by atoms with Crippen LogP contribution >= 0.6 is 0 Å². The van der Waals surface area contributed by atoms with Crippen LogP contribution in [-0.4, -0.2) is 5.11 Å². The quantitative estimate of drug-likeness (QED) is 0.698. The summed E-state index contributed by atoms with van der Waals surface area (Å²) in [5.41, 5.74) is 2.42. The van der Waals surface area contributed by atoms with Crippen molar-refractivity contribution in [1.29, 1.82) is 0 Å². The normalized spacial score (nSPS) is 17.5. The second-order valence-corrected chi connectivity index (χ2v) is 3.53. The summed E-state index contributed by atoms with van der Waals surface area (Å²) in [5, 5.41) is 9.82. The van der Waals surface area contributed by atoms with Gasteiger partial charge in [0.2, 0.25) is 0 Å². The van der Waals surface area contributed by atoms with E-state index >= 15 is 0 Å². The average molecular weight is 174 g/mol. The van der Waals surface area contributed by atoms with Crippen LogP contribution in [0.4, 0.5) is 0 Å². The van der Waals surface area contributed by atoms with Crippen LogP contribution in [0.25, 0.3) is 0 Å². The fourth-order valence-corrected chi connectivity index (χ4v) is 1.58. The zero-order chi connectivity index (χ0) is 9.10. The van der Waals surface area contributed by atoms with Gasteiger partial charge in [-0.15, -0.1) is 0 Å². The molecular formula is C12H14O. The maximum atomic E-state index is 9.82. The highest BCUT2D eigenvalue weighted by Crippen LogP contribution is 2.28. The van der Waals surface area contributed by atoms with E-state index in [2.05, 4.69) is 6.08 Å². The minimum atomic E-state index is -0.312. The number of rotatable bonds is 3. The first kappa shape index (κ1) is 8.52. The lowest BCUT2D eigenvalue weighted by atomic mass is 9.91. The number of allylic oxidation sites excluding steroid dienone is 1. The molecule has 0 bridgehead atoms. The van der Waals surface area contributed by atoms with E-state index in [0.29, 0.717) is 0 Å². The van der Waals surface area contributed by atoms with Crippen molar-refractivity contribution in [2.75, 3.05) is 0 Å². The van der Waals surface area contributed by atoms with E-state index in [4.69, 9.17) is 0 Å². The van der Waals surface area contributed by atoms with Crippen LogP contribution in [0.3, 0.4) is 0 Å². The molecule has 1 heteroatoms. The predicted molar refractivity (Wildman–Crippen MR) is 53.3 cm³/mol. The number of hydrogen-bond donors (Lipinski definition) is 1. The summed E-state index contributed by atoms with van der Waals surface area (Å²) in [6, 6.07) is 9.86. The van der Waals surface area contributed by atoms with Crippen molar-refractivity contribution in [3.63, 3.8) is 0 Å². The summed E-state index contributed by atoms with van der Waals surface area (Å²) in [7, 11) is 0. The molecule has 1 atom stereocenters. The van der Waals surface area contributed by atoms with Gasteiger partial charge in [-0.05, 0) is 24.8 Å². The first-order valence-electron chi connectivity index (χ1n) is 4.77. The Hall–Kier alpha value is -1.08. The molecule has 1 aromatic rings. The van der Waals surface area contributed by atoms with Crippen molar-refractivity contribution in [3.8, 4) is 0 Å². The van der Waals surface area contributed by atoms with Gasteiger partial charge < -0.3 is 5.11 Å². The largest absolute Gasteiger partial charge is 0.388 e. The van der Waals surface area contributed by atoms with E-state index in [-0.39, 0.29) is 6.10 Å². The molecule has 0 aliphatic heterocycles. The molecule has 13 heavy (non-hydrogen) atoms. The van der Waals surface area contributed by atoms with Crippen molar-refractivity contribution in [3.05, 3.63) is 47.5 Å². The fraction of sp³-hybridized carbons (Fsp3) is 0.333. The monoisotopic (exact) mass is 174 g/mol. The highest BCUT2D eigenvalue weighted by atomic mass is 16.3. The van der Waals surface area contributed by atoms with Crippen LogP contribution in [0.5, 0.6) is 0 Å². The molecule has 1 aliphatic rings. The molecule has 1 nitrogen and oxygen atoms in total. The number of aliphatic hydroxyl groups excluding tert-OH is 1. The third-order valence-electron chi connectivity index (χ3n) is 2.54. The van der Waals surface area contributed by atoms with E-state index in [0.717, 1.165) is 12.0 Å². The van der Waals surface area contributed by atoms with Gasteiger partial charge in [0.15, 0.2) is 0 Å². The first-order chi connectivity index (χ1) is 6.36. The van der Waals surface area contributed by atoms with Crippen molar-refractivity contribution in [1.82, 2.24) is 0 Å². The lowest BCUT2D eigenvalue weighted by molar-refractivity contribution is 0.176. The van der Waals surface area contributed by atoms with Crippen molar-refractivity contribution in [2.45, 2.75) is 25.4 Å². The van der Waals surface area contributed by atoms with Gasteiger partial charge in [-0.2, -0.15) is 0 Å². The molecule has 0 saturated heterocycles. The molecule has 2 rings (SSSR count). The lowest BCUT2D eigenvalue weighted by Crippen LogP contribution is -2.02. The Morgan fingerprint density at radius 2 is 1.92 bits per heavy atom. The summed E-state index contributed by atoms with van der Waals surface area (Å²) in [6.45, 7) is 0. The van der Waals surface area contributed by atoms with Crippen molar-refractivity contribution < 1.29 is 5.11 Å². The van der Waals surface area contributed by atoms with Crippen LogP contribution in [0.1, 0.15) is 30.9 Å². The summed E-state index contributed by atoms with van der Waals surface area (Å²) in [5.74, 6) is 0. The molecule has 1 aliphatic carbocycles. The molecule has 1 unspecified atom stereocenters. The number of aliphatic hydroxyl groups is 1. The zero-order valence-electron chi connectivity index (χ0n) is 7.61. The third kappa shape index (κ3) is 1.99. The van der Waals surface area contributed by atoms with E-state index < -0.39 is 0 Å². The Morgan fingerprint density at radius 3 is 2.46 bits per heavy atom. The van der Waals surface area contributed by atoms with Gasteiger partial charge >= 0.3 is 0 Å². The predicted octanol–water partition coefficient (Wildman–Crippen LogP) is 2.83. The molecule has 0 saturated carbocycles. The highest BCUT2D eigenvalue weighted by Gasteiger charge is 2.12. The molecule has 68 valence electrons. The second-order valence-electron chi connectivity index (χ2n) is 3.53. The average Bonchev–Trinajstić information content (AvgIpc) is 2.12. The second kappa shape index (κ2) is 3.75. The summed E-state index contributed by atoms with van der Waals surface area (Å²) in [4.78, 5) is 0. The molecule has 0 heterocycles. The maximum absolute atomic E-state index is 9.82. The van der Waals surface area contributed by atoms with Gasteiger partial charge in [0.05, 0.1) is 6.10 Å². The van der Waals surface area contributed by atoms with E-state index in [1.807, 2.05) is 30.3 Å². The SMILES string of the molecule is OC(CC1=CCC1)c1ccccc1. The molecule has 1 N–H and O–H groups in total. The molecule has 0 amide bonds. The molecule has 0 fully saturated rings. The van der Waals surface area contributed by atoms with E-state index in [9.17, 15) is 5.11 Å². The standard InChI is InChI=1S/C12H14O/c13-12(9-10-5-4-6-10)11-7-2-1-3-8-11/h1-3,5,7-8,12-13H,4,6,9H2. The van der Waals surface area contributed by atoms with Crippen LogP contribution in [0, 0.1) is 0 Å². The summed E-state index contributed by atoms with van der Waals surface area (Å²) in [6.07, 6.45) is 5.07. The Bertz CT molecular complexity index is 300. The summed E-state index contributed by atoms with van der Waals surface area (Å²) >= 11 is 0. The Morgan fingerprint density at radius 1 is 1.23 bits per heavy atom. The molecule has 0 spiro atoms. The van der Waals surface area contributed by atoms with Crippen molar-refractivity contribution >= 4 is 0 Å². The Kier molecular flexibility index (Phi) is 2.46. The smallest absolute Gasteiger partial charge is 0.0827 e. The molecule has 1 aromatic carbocycles. The van der Waals surface area contributed by atoms with E-state index in [1.165, 1.54) is 18.4 Å². The molecule has 0 aromatic heterocycles. The zero-order valence-corrected chi connectivity index (χ0v) is 7.61. The number of benzene rings is 1. The third-order valence-corrected chi connectivity index (χ3v) is 2.54. The highest BCUT2D eigenvalue weighted by molar-refractivity contribution is 5.21. The van der Waals surface area contributed by atoms with Gasteiger partial charge in [0.1, 0.15) is 0 Å². The molecular weight excluding hydrogens is 160 g/mol. The van der Waals surface area contributed by atoms with E-state index in [1.54, 1.807) is 0 Å². The van der Waals surface area contributed by atoms with Gasteiger partial charge in [-0.25, -0.2) is 0 Å². The van der Waals surface area contributed by atoms with Crippen LogP contribution in [-0.2, 0) is 0 Å².